The third kappa shape index (κ3) is 5.60. The molecule has 1 aliphatic carbocycles. The van der Waals surface area contributed by atoms with E-state index in [1.54, 1.807) is 0 Å². The van der Waals surface area contributed by atoms with Crippen molar-refractivity contribution in [2.24, 2.45) is 11.8 Å². The van der Waals surface area contributed by atoms with Crippen molar-refractivity contribution in [3.63, 3.8) is 0 Å². The zero-order valence-corrected chi connectivity index (χ0v) is 28.3. The maximum Gasteiger partial charge on any atom is 0.0541 e. The van der Waals surface area contributed by atoms with Crippen molar-refractivity contribution in [3.05, 3.63) is 157 Å². The van der Waals surface area contributed by atoms with Gasteiger partial charge in [0, 0.05) is 33.5 Å². The van der Waals surface area contributed by atoms with Crippen LogP contribution in [0.3, 0.4) is 0 Å². The average molecular weight is 625 g/mol. The first-order valence-electron chi connectivity index (χ1n) is 17.6. The highest BCUT2D eigenvalue weighted by atomic mass is 15.1. The molecular formula is C46H44N2. The van der Waals surface area contributed by atoms with Gasteiger partial charge >= 0.3 is 0 Å². The van der Waals surface area contributed by atoms with Crippen molar-refractivity contribution >= 4 is 38.9 Å². The molecule has 0 radical (unpaired) electrons. The molecule has 1 aliphatic rings. The SMILES string of the molecule is C[C@H]1CC[C@H](C)CC(C)(c2ccc(N(c3ccccc3)c3cccc(-c4cccc(-n5c6ccccc6c6ccccc65)c4)c3)cc2)C1. The standard InChI is InChI=1S/C46H44N2/c1-33-23-24-34(2)32-46(3,31-33)37-25-27-39(28-26-37)47(38-15-5-4-6-16-38)40-17-11-13-35(29-40)36-14-12-18-41(30-36)48-44-21-9-7-19-42(44)43-20-8-10-22-45(43)48/h4-22,25-30,33-34H,23-24,31-32H2,1-3H3/t33-,34-/m0/s1. The quantitative estimate of drug-likeness (QED) is 0.167. The van der Waals surface area contributed by atoms with Crippen molar-refractivity contribution in [2.45, 2.75) is 51.9 Å². The predicted molar refractivity (Wildman–Crippen MR) is 205 cm³/mol. The molecule has 0 aliphatic heterocycles. The lowest BCUT2D eigenvalue weighted by atomic mass is 9.72. The van der Waals surface area contributed by atoms with Crippen LogP contribution in [0.5, 0.6) is 0 Å². The minimum atomic E-state index is 0.215. The van der Waals surface area contributed by atoms with Crippen LogP contribution in [0, 0.1) is 11.8 Å². The summed E-state index contributed by atoms with van der Waals surface area (Å²) in [5.41, 5.74) is 11.2. The van der Waals surface area contributed by atoms with Crippen LogP contribution < -0.4 is 4.90 Å². The van der Waals surface area contributed by atoms with Gasteiger partial charge in [-0.2, -0.15) is 0 Å². The molecule has 1 aromatic heterocycles. The van der Waals surface area contributed by atoms with Crippen LogP contribution in [0.1, 0.15) is 52.0 Å². The van der Waals surface area contributed by atoms with E-state index in [0.717, 1.165) is 23.2 Å². The molecule has 2 nitrogen and oxygen atoms in total. The van der Waals surface area contributed by atoms with Gasteiger partial charge in [-0.3, -0.25) is 0 Å². The predicted octanol–water partition coefficient (Wildman–Crippen LogP) is 13.0. The molecule has 7 aromatic rings. The van der Waals surface area contributed by atoms with Crippen molar-refractivity contribution in [1.82, 2.24) is 4.57 Å². The first-order valence-corrected chi connectivity index (χ1v) is 17.6. The van der Waals surface area contributed by atoms with Gasteiger partial charge in [-0.15, -0.1) is 0 Å². The lowest BCUT2D eigenvalue weighted by Gasteiger charge is -2.33. The number of hydrogen-bond acceptors (Lipinski definition) is 1. The van der Waals surface area contributed by atoms with E-state index >= 15 is 0 Å². The Kier molecular flexibility index (Phi) is 7.89. The van der Waals surface area contributed by atoms with Gasteiger partial charge in [0.2, 0.25) is 0 Å². The van der Waals surface area contributed by atoms with E-state index in [1.165, 1.54) is 75.6 Å². The number of aromatic nitrogens is 1. The number of para-hydroxylation sites is 3. The van der Waals surface area contributed by atoms with E-state index < -0.39 is 0 Å². The summed E-state index contributed by atoms with van der Waals surface area (Å²) in [5, 5.41) is 2.56. The monoisotopic (exact) mass is 624 g/mol. The van der Waals surface area contributed by atoms with Crippen molar-refractivity contribution < 1.29 is 0 Å². The second-order valence-electron chi connectivity index (χ2n) is 14.4. The molecule has 1 heterocycles. The lowest BCUT2D eigenvalue weighted by molar-refractivity contribution is 0.333. The van der Waals surface area contributed by atoms with E-state index in [0.29, 0.717) is 0 Å². The summed E-state index contributed by atoms with van der Waals surface area (Å²) in [6.45, 7) is 7.37. The van der Waals surface area contributed by atoms with Crippen molar-refractivity contribution in [3.8, 4) is 16.8 Å². The highest BCUT2D eigenvalue weighted by molar-refractivity contribution is 6.09. The molecule has 8 rings (SSSR count). The van der Waals surface area contributed by atoms with Crippen LogP contribution in [0.2, 0.25) is 0 Å². The van der Waals surface area contributed by atoms with Gasteiger partial charge in [-0.25, -0.2) is 0 Å². The molecule has 1 saturated carbocycles. The normalized spacial score (nSPS) is 17.7. The molecule has 2 heteroatoms. The summed E-state index contributed by atoms with van der Waals surface area (Å²) in [7, 11) is 0. The first kappa shape index (κ1) is 30.3. The van der Waals surface area contributed by atoms with Crippen LogP contribution in [0.25, 0.3) is 38.6 Å². The van der Waals surface area contributed by atoms with Crippen LogP contribution in [-0.4, -0.2) is 4.57 Å². The molecule has 0 saturated heterocycles. The highest BCUT2D eigenvalue weighted by Gasteiger charge is 2.33. The van der Waals surface area contributed by atoms with E-state index in [9.17, 15) is 0 Å². The zero-order chi connectivity index (χ0) is 32.7. The fourth-order valence-corrected chi connectivity index (χ4v) is 8.52. The average Bonchev–Trinajstić information content (AvgIpc) is 3.39. The summed E-state index contributed by atoms with van der Waals surface area (Å²) in [6.07, 6.45) is 5.20. The fourth-order valence-electron chi connectivity index (χ4n) is 8.52. The van der Waals surface area contributed by atoms with Gasteiger partial charge < -0.3 is 9.47 Å². The van der Waals surface area contributed by atoms with Gasteiger partial charge in [0.05, 0.1) is 11.0 Å². The van der Waals surface area contributed by atoms with Crippen LogP contribution in [0.15, 0.2) is 152 Å². The molecule has 0 bridgehead atoms. The summed E-state index contributed by atoms with van der Waals surface area (Å²) < 4.78 is 2.39. The number of rotatable bonds is 6. The Balaban J connectivity index is 1.18. The molecule has 48 heavy (non-hydrogen) atoms. The van der Waals surface area contributed by atoms with E-state index in [4.69, 9.17) is 0 Å². The minimum absolute atomic E-state index is 0.215. The summed E-state index contributed by atoms with van der Waals surface area (Å²) in [4.78, 5) is 2.39. The molecular weight excluding hydrogens is 581 g/mol. The molecule has 2 atom stereocenters. The first-order chi connectivity index (χ1) is 23.5. The van der Waals surface area contributed by atoms with Gasteiger partial charge in [0.15, 0.2) is 0 Å². The maximum absolute atomic E-state index is 2.49. The number of nitrogens with zero attached hydrogens (tertiary/aromatic N) is 2. The number of anilines is 3. The van der Waals surface area contributed by atoms with Gasteiger partial charge in [0.1, 0.15) is 0 Å². The summed E-state index contributed by atoms with van der Waals surface area (Å²) in [6, 6.07) is 55.6. The Hall–Kier alpha value is -5.08. The molecule has 238 valence electrons. The summed E-state index contributed by atoms with van der Waals surface area (Å²) in [5.74, 6) is 1.52. The number of benzene rings is 6. The smallest absolute Gasteiger partial charge is 0.0541 e. The zero-order valence-electron chi connectivity index (χ0n) is 28.3. The Morgan fingerprint density at radius 2 is 1.04 bits per heavy atom. The van der Waals surface area contributed by atoms with Crippen molar-refractivity contribution in [1.29, 1.82) is 0 Å². The third-order valence-corrected chi connectivity index (χ3v) is 10.7. The molecule has 0 unspecified atom stereocenters. The van der Waals surface area contributed by atoms with E-state index in [-0.39, 0.29) is 5.41 Å². The molecule has 6 aromatic carbocycles. The topological polar surface area (TPSA) is 8.17 Å². The van der Waals surface area contributed by atoms with Crippen LogP contribution in [0.4, 0.5) is 17.1 Å². The molecule has 0 spiro atoms. The fraction of sp³-hybridized carbons (Fsp3) is 0.217. The van der Waals surface area contributed by atoms with Gasteiger partial charge in [-0.05, 0) is 107 Å². The van der Waals surface area contributed by atoms with Crippen LogP contribution >= 0.6 is 0 Å². The molecule has 1 fully saturated rings. The third-order valence-electron chi connectivity index (χ3n) is 10.7. The molecule has 0 N–H and O–H groups in total. The Labute approximate surface area is 285 Å². The Bertz CT molecular complexity index is 2120. The summed E-state index contributed by atoms with van der Waals surface area (Å²) >= 11 is 0. The number of fused-ring (bicyclic) bond motifs is 3. The number of hydrogen-bond donors (Lipinski definition) is 0. The van der Waals surface area contributed by atoms with E-state index in [2.05, 4.69) is 182 Å². The molecule has 0 amide bonds. The van der Waals surface area contributed by atoms with Crippen molar-refractivity contribution in [2.75, 3.05) is 4.90 Å². The largest absolute Gasteiger partial charge is 0.310 e. The minimum Gasteiger partial charge on any atom is -0.310 e. The second kappa shape index (κ2) is 12.5. The second-order valence-corrected chi connectivity index (χ2v) is 14.4. The van der Waals surface area contributed by atoms with Gasteiger partial charge in [-0.1, -0.05) is 125 Å². The maximum atomic E-state index is 2.49. The Morgan fingerprint density at radius 3 is 1.69 bits per heavy atom. The highest BCUT2D eigenvalue weighted by Crippen LogP contribution is 2.44. The van der Waals surface area contributed by atoms with Crippen LogP contribution in [-0.2, 0) is 5.41 Å². The van der Waals surface area contributed by atoms with Gasteiger partial charge in [0.25, 0.3) is 0 Å². The Morgan fingerprint density at radius 1 is 0.521 bits per heavy atom. The lowest BCUT2D eigenvalue weighted by Crippen LogP contribution is -2.25. The van der Waals surface area contributed by atoms with E-state index in [1.807, 2.05) is 0 Å².